The summed E-state index contributed by atoms with van der Waals surface area (Å²) in [5, 5.41) is 15.0. The van der Waals surface area contributed by atoms with Crippen LogP contribution >= 0.6 is 23.8 Å². The van der Waals surface area contributed by atoms with Gasteiger partial charge in [0.05, 0.1) is 19.2 Å². The predicted octanol–water partition coefficient (Wildman–Crippen LogP) is 1.27. The van der Waals surface area contributed by atoms with Crippen LogP contribution in [0.25, 0.3) is 11.4 Å². The van der Waals surface area contributed by atoms with Crippen molar-refractivity contribution in [3.8, 4) is 11.4 Å². The summed E-state index contributed by atoms with van der Waals surface area (Å²) in [5.41, 5.74) is 1.00. The maximum Gasteiger partial charge on any atom is 0.202 e. The Hall–Kier alpha value is -1.21. The maximum absolute atomic E-state index is 9.60. The number of likely N-dealkylation sites (tertiary alicyclic amines) is 1. The first-order chi connectivity index (χ1) is 10.5. The number of benzene rings is 1. The molecule has 7 heteroatoms. The lowest BCUT2D eigenvalue weighted by molar-refractivity contribution is -0.929. The van der Waals surface area contributed by atoms with E-state index in [4.69, 9.17) is 23.8 Å². The van der Waals surface area contributed by atoms with E-state index in [9.17, 15) is 5.11 Å². The van der Waals surface area contributed by atoms with Gasteiger partial charge in [0.2, 0.25) is 4.77 Å². The molecule has 0 aliphatic carbocycles. The zero-order valence-electron chi connectivity index (χ0n) is 12.5. The summed E-state index contributed by atoms with van der Waals surface area (Å²) >= 11 is 11.4. The van der Waals surface area contributed by atoms with Crippen molar-refractivity contribution in [2.45, 2.75) is 25.6 Å². The van der Waals surface area contributed by atoms with Crippen molar-refractivity contribution >= 4 is 23.8 Å². The van der Waals surface area contributed by atoms with E-state index < -0.39 is 0 Å². The van der Waals surface area contributed by atoms with Gasteiger partial charge in [-0.15, -0.1) is 5.10 Å². The Morgan fingerprint density at radius 1 is 1.32 bits per heavy atom. The molecule has 0 bridgehead atoms. The molecule has 1 saturated heterocycles. The number of halogens is 1. The van der Waals surface area contributed by atoms with E-state index in [0.29, 0.717) is 9.79 Å². The molecule has 1 aromatic heterocycles. The van der Waals surface area contributed by atoms with E-state index in [1.165, 1.54) is 4.90 Å². The average Bonchev–Trinajstić information content (AvgIpc) is 2.79. The summed E-state index contributed by atoms with van der Waals surface area (Å²) in [5.74, 6) is 0.845. The highest BCUT2D eigenvalue weighted by Gasteiger charge is 2.21. The molecule has 2 N–H and O–H groups in total. The Bertz CT molecular complexity index is 701. The first-order valence-electron chi connectivity index (χ1n) is 7.46. The van der Waals surface area contributed by atoms with Crippen molar-refractivity contribution in [3.05, 3.63) is 34.1 Å². The number of piperidine rings is 1. The zero-order chi connectivity index (χ0) is 15.7. The number of quaternary nitrogens is 1. The normalized spacial score (nSPS) is 22.0. The lowest BCUT2D eigenvalue weighted by Crippen LogP contribution is -3.12. The van der Waals surface area contributed by atoms with Crippen LogP contribution in [0.15, 0.2) is 24.3 Å². The fourth-order valence-corrected chi connectivity index (χ4v) is 3.14. The number of nitrogens with one attached hydrogen (secondary N) is 1. The number of rotatable bonds is 3. The lowest BCUT2D eigenvalue weighted by Gasteiger charge is -2.26. The Morgan fingerprint density at radius 2 is 1.95 bits per heavy atom. The molecule has 22 heavy (non-hydrogen) atoms. The van der Waals surface area contributed by atoms with Gasteiger partial charge in [0.1, 0.15) is 0 Å². The highest BCUT2D eigenvalue weighted by Crippen LogP contribution is 2.19. The van der Waals surface area contributed by atoms with Gasteiger partial charge >= 0.3 is 0 Å². The predicted molar refractivity (Wildman–Crippen MR) is 88.4 cm³/mol. The van der Waals surface area contributed by atoms with E-state index in [2.05, 4.69) is 5.10 Å². The van der Waals surface area contributed by atoms with Crippen LogP contribution in [-0.2, 0) is 13.7 Å². The smallest absolute Gasteiger partial charge is 0.202 e. The summed E-state index contributed by atoms with van der Waals surface area (Å²) in [6, 6.07) is 7.62. The van der Waals surface area contributed by atoms with Gasteiger partial charge in [-0.25, -0.2) is 0 Å². The van der Waals surface area contributed by atoms with Gasteiger partial charge in [0, 0.05) is 30.5 Å². The SMILES string of the molecule is Cn1c(-c2ccc(Cl)cc2)nn(C[NH+]2CCC(O)CC2)c1=S. The summed E-state index contributed by atoms with van der Waals surface area (Å²) in [6.45, 7) is 2.65. The minimum absolute atomic E-state index is 0.148. The number of nitrogens with zero attached hydrogens (tertiary/aromatic N) is 3. The first-order valence-corrected chi connectivity index (χ1v) is 8.24. The molecule has 0 saturated carbocycles. The molecule has 2 heterocycles. The quantitative estimate of drug-likeness (QED) is 0.828. The molecule has 1 aromatic carbocycles. The van der Waals surface area contributed by atoms with Crippen LogP contribution in [0.4, 0.5) is 0 Å². The second-order valence-corrected chi connectivity index (χ2v) is 6.61. The Morgan fingerprint density at radius 3 is 2.59 bits per heavy atom. The molecular weight excluding hydrogens is 320 g/mol. The van der Waals surface area contributed by atoms with Gasteiger partial charge in [-0.05, 0) is 36.5 Å². The first kappa shape index (κ1) is 15.7. The molecule has 1 aliphatic heterocycles. The topological polar surface area (TPSA) is 47.4 Å². The molecule has 2 aromatic rings. The number of hydrogen-bond acceptors (Lipinski definition) is 3. The average molecular weight is 340 g/mol. The molecule has 0 amide bonds. The van der Waals surface area contributed by atoms with Crippen LogP contribution in [0.2, 0.25) is 5.02 Å². The number of aromatic nitrogens is 3. The Kier molecular flexibility index (Phi) is 4.63. The molecule has 5 nitrogen and oxygen atoms in total. The van der Waals surface area contributed by atoms with Crippen LogP contribution in [0.5, 0.6) is 0 Å². The van der Waals surface area contributed by atoms with Gasteiger partial charge in [-0.2, -0.15) is 4.68 Å². The van der Waals surface area contributed by atoms with Crippen LogP contribution in [0, 0.1) is 4.77 Å². The third-order valence-electron chi connectivity index (χ3n) is 4.18. The number of aliphatic hydroxyl groups excluding tert-OH is 1. The van der Waals surface area contributed by atoms with Gasteiger partial charge in [0.25, 0.3) is 0 Å². The summed E-state index contributed by atoms with van der Waals surface area (Å²) in [4.78, 5) is 1.40. The zero-order valence-corrected chi connectivity index (χ0v) is 14.1. The Labute approximate surface area is 139 Å². The monoisotopic (exact) mass is 339 g/mol. The van der Waals surface area contributed by atoms with Gasteiger partial charge < -0.3 is 14.6 Å². The largest absolute Gasteiger partial charge is 0.393 e. The van der Waals surface area contributed by atoms with E-state index in [-0.39, 0.29) is 6.10 Å². The highest BCUT2D eigenvalue weighted by atomic mass is 35.5. The van der Waals surface area contributed by atoms with Crippen molar-refractivity contribution in [2.75, 3.05) is 13.1 Å². The van der Waals surface area contributed by atoms with Crippen molar-refractivity contribution in [3.63, 3.8) is 0 Å². The highest BCUT2D eigenvalue weighted by molar-refractivity contribution is 7.71. The molecule has 0 atom stereocenters. The van der Waals surface area contributed by atoms with Crippen LogP contribution < -0.4 is 4.90 Å². The third-order valence-corrected chi connectivity index (χ3v) is 4.92. The fourth-order valence-electron chi connectivity index (χ4n) is 2.82. The van der Waals surface area contributed by atoms with Crippen LogP contribution in [-0.4, -0.2) is 38.6 Å². The van der Waals surface area contributed by atoms with Gasteiger partial charge in [0.15, 0.2) is 12.5 Å². The maximum atomic E-state index is 9.60. The standard InChI is InChI=1S/C15H19ClN4OS/c1-18-14(11-2-4-12(16)5-3-11)17-20(15(18)22)10-19-8-6-13(21)7-9-19/h2-5,13,21H,6-10H2,1H3/p+1. The Balaban J connectivity index is 1.83. The van der Waals surface area contributed by atoms with Crippen molar-refractivity contribution in [1.29, 1.82) is 0 Å². The second kappa shape index (κ2) is 6.50. The molecule has 0 spiro atoms. The van der Waals surface area contributed by atoms with E-state index >= 15 is 0 Å². The van der Waals surface area contributed by atoms with Gasteiger partial charge in [-0.3, -0.25) is 0 Å². The van der Waals surface area contributed by atoms with E-state index in [1.807, 2.05) is 40.6 Å². The molecule has 0 unspecified atom stereocenters. The summed E-state index contributed by atoms with van der Waals surface area (Å²) < 4.78 is 4.52. The molecule has 1 fully saturated rings. The van der Waals surface area contributed by atoms with Crippen molar-refractivity contribution in [1.82, 2.24) is 14.3 Å². The lowest BCUT2D eigenvalue weighted by atomic mass is 10.1. The van der Waals surface area contributed by atoms with Crippen LogP contribution in [0.1, 0.15) is 12.8 Å². The van der Waals surface area contributed by atoms with Crippen LogP contribution in [0.3, 0.4) is 0 Å². The fraction of sp³-hybridized carbons (Fsp3) is 0.467. The summed E-state index contributed by atoms with van der Waals surface area (Å²) in [6.07, 6.45) is 1.55. The van der Waals surface area contributed by atoms with E-state index in [0.717, 1.165) is 44.0 Å². The molecule has 118 valence electrons. The third kappa shape index (κ3) is 3.25. The van der Waals surface area contributed by atoms with Crippen molar-refractivity contribution in [2.24, 2.45) is 7.05 Å². The minimum atomic E-state index is -0.148. The number of hydrogen-bond donors (Lipinski definition) is 2. The number of aliphatic hydroxyl groups is 1. The van der Waals surface area contributed by atoms with Crippen molar-refractivity contribution < 1.29 is 10.0 Å². The second-order valence-electron chi connectivity index (χ2n) is 5.81. The summed E-state index contributed by atoms with van der Waals surface area (Å²) in [7, 11) is 1.94. The molecule has 1 aliphatic rings. The molecule has 3 rings (SSSR count). The van der Waals surface area contributed by atoms with Gasteiger partial charge in [-0.1, -0.05) is 11.6 Å². The minimum Gasteiger partial charge on any atom is -0.393 e. The van der Waals surface area contributed by atoms with E-state index in [1.54, 1.807) is 0 Å². The molecule has 0 radical (unpaired) electrons. The molecular formula is C15H20ClN4OS+.